The molecule has 6 heteroatoms. The molecular weight excluding hydrogens is 269 g/mol. The van der Waals surface area contributed by atoms with Gasteiger partial charge in [0.2, 0.25) is 0 Å². The van der Waals surface area contributed by atoms with Crippen LogP contribution in [-0.4, -0.2) is 25.4 Å². The van der Waals surface area contributed by atoms with Crippen LogP contribution < -0.4 is 15.8 Å². The summed E-state index contributed by atoms with van der Waals surface area (Å²) < 4.78 is 41.8. The molecule has 0 aliphatic rings. The molecule has 0 spiro atoms. The summed E-state index contributed by atoms with van der Waals surface area (Å²) in [5.74, 6) is 0.642. The summed E-state index contributed by atoms with van der Waals surface area (Å²) in [6, 6.07) is 7.26. The normalized spacial score (nSPS) is 14.7. The van der Waals surface area contributed by atoms with Crippen molar-refractivity contribution in [2.45, 2.75) is 37.9 Å². The van der Waals surface area contributed by atoms with Crippen molar-refractivity contribution < 1.29 is 17.9 Å². The van der Waals surface area contributed by atoms with Crippen LogP contribution in [-0.2, 0) is 0 Å². The third-order valence-electron chi connectivity index (χ3n) is 3.18. The van der Waals surface area contributed by atoms with E-state index in [1.54, 1.807) is 13.2 Å². The molecule has 1 rings (SSSR count). The number of rotatable bonds is 7. The van der Waals surface area contributed by atoms with Gasteiger partial charge in [-0.25, -0.2) is 0 Å². The molecule has 0 fully saturated rings. The summed E-state index contributed by atoms with van der Waals surface area (Å²) in [4.78, 5) is 0. The zero-order valence-electron chi connectivity index (χ0n) is 11.8. The minimum atomic E-state index is -4.13. The van der Waals surface area contributed by atoms with Crippen molar-refractivity contribution in [1.29, 1.82) is 0 Å². The Morgan fingerprint density at radius 2 is 1.85 bits per heavy atom. The molecule has 20 heavy (non-hydrogen) atoms. The van der Waals surface area contributed by atoms with Gasteiger partial charge in [-0.3, -0.25) is 0 Å². The zero-order valence-corrected chi connectivity index (χ0v) is 11.8. The number of hydrogen-bond acceptors (Lipinski definition) is 3. The maximum atomic E-state index is 12.2. The number of para-hydroxylation sites is 2. The molecule has 0 saturated heterocycles. The van der Waals surface area contributed by atoms with Crippen LogP contribution >= 0.6 is 0 Å². The first-order valence-corrected chi connectivity index (χ1v) is 6.48. The second-order valence-electron chi connectivity index (χ2n) is 5.06. The summed E-state index contributed by atoms with van der Waals surface area (Å²) in [5, 5.41) is 3.19. The number of alkyl halides is 3. The zero-order chi connectivity index (χ0) is 15.2. The van der Waals surface area contributed by atoms with Crippen molar-refractivity contribution in [3.05, 3.63) is 24.3 Å². The molecule has 1 aromatic rings. The lowest BCUT2D eigenvalue weighted by molar-refractivity contribution is -0.136. The number of halogens is 3. The lowest BCUT2D eigenvalue weighted by Crippen LogP contribution is -2.42. The van der Waals surface area contributed by atoms with Crippen LogP contribution in [0, 0.1) is 0 Å². The average molecular weight is 290 g/mol. The molecule has 0 aromatic heterocycles. The Kier molecular flexibility index (Phi) is 5.68. The summed E-state index contributed by atoms with van der Waals surface area (Å²) in [5.41, 5.74) is 5.85. The van der Waals surface area contributed by atoms with Crippen molar-refractivity contribution in [2.75, 3.05) is 19.0 Å². The van der Waals surface area contributed by atoms with Crippen molar-refractivity contribution in [3.8, 4) is 5.75 Å². The Balaban J connectivity index is 2.69. The molecule has 1 aromatic carbocycles. The number of nitrogens with two attached hydrogens (primary N) is 1. The van der Waals surface area contributed by atoms with Gasteiger partial charge in [0.1, 0.15) is 5.75 Å². The van der Waals surface area contributed by atoms with Crippen molar-refractivity contribution in [1.82, 2.24) is 0 Å². The van der Waals surface area contributed by atoms with Gasteiger partial charge in [-0.1, -0.05) is 12.1 Å². The minimum absolute atomic E-state index is 0.0410. The Labute approximate surface area is 117 Å². The molecule has 3 N–H and O–H groups in total. The van der Waals surface area contributed by atoms with Gasteiger partial charge in [0.05, 0.1) is 12.8 Å². The van der Waals surface area contributed by atoms with Gasteiger partial charge in [0.25, 0.3) is 0 Å². The number of benzene rings is 1. The molecule has 1 unspecified atom stereocenters. The number of anilines is 1. The van der Waals surface area contributed by atoms with E-state index in [9.17, 15) is 13.2 Å². The topological polar surface area (TPSA) is 47.3 Å². The van der Waals surface area contributed by atoms with E-state index in [0.29, 0.717) is 12.2 Å². The Bertz CT molecular complexity index is 423. The van der Waals surface area contributed by atoms with E-state index in [1.807, 2.05) is 25.1 Å². The van der Waals surface area contributed by atoms with E-state index in [1.165, 1.54) is 0 Å². The summed E-state index contributed by atoms with van der Waals surface area (Å²) in [6.07, 6.45) is -4.55. The highest BCUT2D eigenvalue weighted by atomic mass is 19.4. The van der Waals surface area contributed by atoms with Gasteiger partial charge < -0.3 is 15.8 Å². The van der Waals surface area contributed by atoms with Gasteiger partial charge in [-0.15, -0.1) is 0 Å². The van der Waals surface area contributed by atoms with Gasteiger partial charge >= 0.3 is 6.18 Å². The van der Waals surface area contributed by atoms with Gasteiger partial charge in [0.15, 0.2) is 0 Å². The van der Waals surface area contributed by atoms with Crippen LogP contribution in [0.5, 0.6) is 5.75 Å². The molecule has 1 atom stereocenters. The summed E-state index contributed by atoms with van der Waals surface area (Å²) in [7, 11) is 1.55. The highest BCUT2D eigenvalue weighted by Gasteiger charge is 2.29. The van der Waals surface area contributed by atoms with Crippen LogP contribution in [0.4, 0.5) is 18.9 Å². The standard InChI is InChI=1S/C14H21F3N2O/c1-13(10-18,8-5-9-14(15,16)17)19-11-6-3-4-7-12(11)20-2/h3-4,6-7,19H,5,8-10,18H2,1-2H3. The molecule has 3 nitrogen and oxygen atoms in total. The predicted molar refractivity (Wildman–Crippen MR) is 74.0 cm³/mol. The van der Waals surface area contributed by atoms with Crippen molar-refractivity contribution >= 4 is 5.69 Å². The van der Waals surface area contributed by atoms with Crippen LogP contribution in [0.2, 0.25) is 0 Å². The molecule has 0 radical (unpaired) electrons. The minimum Gasteiger partial charge on any atom is -0.495 e. The van der Waals surface area contributed by atoms with Crippen molar-refractivity contribution in [3.63, 3.8) is 0 Å². The largest absolute Gasteiger partial charge is 0.495 e. The van der Waals surface area contributed by atoms with Gasteiger partial charge in [-0.05, 0) is 31.9 Å². The van der Waals surface area contributed by atoms with Gasteiger partial charge in [0, 0.05) is 18.5 Å². The number of methoxy groups -OCH3 is 1. The average Bonchev–Trinajstić information content (AvgIpc) is 2.38. The smallest absolute Gasteiger partial charge is 0.389 e. The first-order chi connectivity index (χ1) is 9.29. The molecular formula is C14H21F3N2O. The molecule has 0 aliphatic carbocycles. The Morgan fingerprint density at radius 3 is 2.40 bits per heavy atom. The first-order valence-electron chi connectivity index (χ1n) is 6.48. The molecule has 0 saturated carbocycles. The number of ether oxygens (including phenoxy) is 1. The molecule has 0 heterocycles. The van der Waals surface area contributed by atoms with E-state index in [-0.39, 0.29) is 13.0 Å². The predicted octanol–water partition coefficient (Wildman–Crippen LogP) is 3.56. The van der Waals surface area contributed by atoms with Gasteiger partial charge in [-0.2, -0.15) is 13.2 Å². The highest BCUT2D eigenvalue weighted by molar-refractivity contribution is 5.57. The fraction of sp³-hybridized carbons (Fsp3) is 0.571. The Hall–Kier alpha value is -1.43. The van der Waals surface area contributed by atoms with E-state index in [2.05, 4.69) is 5.32 Å². The lowest BCUT2D eigenvalue weighted by Gasteiger charge is -2.31. The quantitative estimate of drug-likeness (QED) is 0.807. The van der Waals surface area contributed by atoms with E-state index in [0.717, 1.165) is 5.69 Å². The molecule has 0 amide bonds. The van der Waals surface area contributed by atoms with Crippen LogP contribution in [0.1, 0.15) is 26.2 Å². The highest BCUT2D eigenvalue weighted by Crippen LogP contribution is 2.30. The second kappa shape index (κ2) is 6.83. The van der Waals surface area contributed by atoms with Crippen LogP contribution in [0.3, 0.4) is 0 Å². The summed E-state index contributed by atoms with van der Waals surface area (Å²) in [6.45, 7) is 2.05. The van der Waals surface area contributed by atoms with Crippen LogP contribution in [0.25, 0.3) is 0 Å². The van der Waals surface area contributed by atoms with E-state index >= 15 is 0 Å². The second-order valence-corrected chi connectivity index (χ2v) is 5.06. The van der Waals surface area contributed by atoms with Crippen LogP contribution in [0.15, 0.2) is 24.3 Å². The lowest BCUT2D eigenvalue weighted by atomic mass is 9.94. The maximum Gasteiger partial charge on any atom is 0.389 e. The fourth-order valence-corrected chi connectivity index (χ4v) is 1.97. The van der Waals surface area contributed by atoms with E-state index < -0.39 is 18.1 Å². The molecule has 0 aliphatic heterocycles. The van der Waals surface area contributed by atoms with Crippen molar-refractivity contribution in [2.24, 2.45) is 5.73 Å². The third kappa shape index (κ3) is 5.28. The SMILES string of the molecule is COc1ccccc1NC(C)(CN)CCCC(F)(F)F. The van der Waals surface area contributed by atoms with E-state index in [4.69, 9.17) is 10.5 Å². The maximum absolute atomic E-state index is 12.2. The monoisotopic (exact) mass is 290 g/mol. The third-order valence-corrected chi connectivity index (χ3v) is 3.18. The first kappa shape index (κ1) is 16.6. The molecule has 114 valence electrons. The fourth-order valence-electron chi connectivity index (χ4n) is 1.97. The molecule has 0 bridgehead atoms. The summed E-state index contributed by atoms with van der Waals surface area (Å²) >= 11 is 0. The Morgan fingerprint density at radius 1 is 1.20 bits per heavy atom. The number of hydrogen-bond donors (Lipinski definition) is 2. The number of nitrogens with one attached hydrogen (secondary N) is 1.